The zero-order valence-corrected chi connectivity index (χ0v) is 18.3. The van der Waals surface area contributed by atoms with Gasteiger partial charge in [0, 0.05) is 30.3 Å². The highest BCUT2D eigenvalue weighted by molar-refractivity contribution is 6.30. The average Bonchev–Trinajstić information content (AvgIpc) is 3.01. The molecule has 0 aromatic heterocycles. The minimum atomic E-state index is -0.183. The quantitative estimate of drug-likeness (QED) is 0.558. The molecule has 5 rings (SSSR count). The molecule has 1 fully saturated rings. The summed E-state index contributed by atoms with van der Waals surface area (Å²) in [6, 6.07) is 27.1. The lowest BCUT2D eigenvalue weighted by Crippen LogP contribution is -2.43. The van der Waals surface area contributed by atoms with Crippen LogP contribution in [0.5, 0.6) is 0 Å². The van der Waals surface area contributed by atoms with E-state index in [0.717, 1.165) is 48.6 Å². The number of carbonyl (C=O) groups is 1. The SMILES string of the molecule is O=C(C(Cc1ccc(Cl)cc1)c1ccccc1)N1CCCN2c3ccccc3CC2C1. The summed E-state index contributed by atoms with van der Waals surface area (Å²) in [7, 11) is 0. The Morgan fingerprint density at radius 1 is 0.935 bits per heavy atom. The lowest BCUT2D eigenvalue weighted by molar-refractivity contribution is -0.132. The number of benzene rings is 3. The van der Waals surface area contributed by atoms with Crippen LogP contribution in [0.15, 0.2) is 78.9 Å². The molecule has 0 saturated carbocycles. The summed E-state index contributed by atoms with van der Waals surface area (Å²) in [5.74, 6) is 0.0525. The summed E-state index contributed by atoms with van der Waals surface area (Å²) in [5.41, 5.74) is 4.97. The van der Waals surface area contributed by atoms with Crippen LogP contribution in [0, 0.1) is 0 Å². The Morgan fingerprint density at radius 3 is 2.48 bits per heavy atom. The van der Waals surface area contributed by atoms with Gasteiger partial charge in [-0.05, 0) is 54.2 Å². The van der Waals surface area contributed by atoms with E-state index in [4.69, 9.17) is 11.6 Å². The van der Waals surface area contributed by atoms with Crippen molar-refractivity contribution < 1.29 is 4.79 Å². The summed E-state index contributed by atoms with van der Waals surface area (Å²) in [4.78, 5) is 18.5. The van der Waals surface area contributed by atoms with Gasteiger partial charge in [0.25, 0.3) is 0 Å². The third kappa shape index (κ3) is 4.20. The lowest BCUT2D eigenvalue weighted by Gasteiger charge is -2.30. The zero-order valence-electron chi connectivity index (χ0n) is 17.6. The van der Waals surface area contributed by atoms with Crippen LogP contribution in [0.25, 0.3) is 0 Å². The number of para-hydroxylation sites is 1. The molecule has 0 aliphatic carbocycles. The normalized spacial score (nSPS) is 18.8. The van der Waals surface area contributed by atoms with Crippen molar-refractivity contribution in [2.45, 2.75) is 31.2 Å². The maximum Gasteiger partial charge on any atom is 0.230 e. The predicted molar refractivity (Wildman–Crippen MR) is 127 cm³/mol. The van der Waals surface area contributed by atoms with Gasteiger partial charge >= 0.3 is 0 Å². The van der Waals surface area contributed by atoms with E-state index in [1.807, 2.05) is 42.5 Å². The number of hydrogen-bond acceptors (Lipinski definition) is 2. The van der Waals surface area contributed by atoms with Crippen LogP contribution in [0.3, 0.4) is 0 Å². The second-order valence-electron chi connectivity index (χ2n) is 8.61. The monoisotopic (exact) mass is 430 g/mol. The number of rotatable bonds is 4. The molecule has 2 heterocycles. The van der Waals surface area contributed by atoms with Gasteiger partial charge < -0.3 is 9.80 Å². The maximum absolute atomic E-state index is 13.9. The first-order valence-electron chi connectivity index (χ1n) is 11.1. The Balaban J connectivity index is 1.39. The zero-order chi connectivity index (χ0) is 21.2. The van der Waals surface area contributed by atoms with Crippen LogP contribution in [-0.2, 0) is 17.6 Å². The van der Waals surface area contributed by atoms with Gasteiger partial charge in [-0.2, -0.15) is 0 Å². The molecule has 0 spiro atoms. The number of hydrogen-bond donors (Lipinski definition) is 0. The second kappa shape index (κ2) is 8.76. The first kappa shape index (κ1) is 20.1. The summed E-state index contributed by atoms with van der Waals surface area (Å²) >= 11 is 6.08. The molecule has 4 heteroatoms. The van der Waals surface area contributed by atoms with Gasteiger partial charge in [-0.25, -0.2) is 0 Å². The largest absolute Gasteiger partial charge is 0.366 e. The molecule has 0 radical (unpaired) electrons. The van der Waals surface area contributed by atoms with Gasteiger partial charge in [0.15, 0.2) is 0 Å². The Kier molecular flexibility index (Phi) is 5.69. The van der Waals surface area contributed by atoms with E-state index in [-0.39, 0.29) is 11.8 Å². The fourth-order valence-electron chi connectivity index (χ4n) is 5.08. The van der Waals surface area contributed by atoms with Crippen molar-refractivity contribution in [2.75, 3.05) is 24.5 Å². The van der Waals surface area contributed by atoms with E-state index >= 15 is 0 Å². The maximum atomic E-state index is 13.9. The molecule has 3 aromatic rings. The van der Waals surface area contributed by atoms with Crippen molar-refractivity contribution in [2.24, 2.45) is 0 Å². The summed E-state index contributed by atoms with van der Waals surface area (Å²) in [6.45, 7) is 2.62. The first-order valence-corrected chi connectivity index (χ1v) is 11.5. The van der Waals surface area contributed by atoms with E-state index in [9.17, 15) is 4.79 Å². The highest BCUT2D eigenvalue weighted by Gasteiger charge is 2.35. The van der Waals surface area contributed by atoms with E-state index < -0.39 is 0 Å². The molecule has 2 atom stereocenters. The number of anilines is 1. The Labute approximate surface area is 189 Å². The Morgan fingerprint density at radius 2 is 1.68 bits per heavy atom. The second-order valence-corrected chi connectivity index (χ2v) is 9.05. The van der Waals surface area contributed by atoms with Crippen molar-refractivity contribution >= 4 is 23.2 Å². The number of halogens is 1. The topological polar surface area (TPSA) is 23.6 Å². The number of nitrogens with zero attached hydrogens (tertiary/aromatic N) is 2. The fourth-order valence-corrected chi connectivity index (χ4v) is 5.20. The van der Waals surface area contributed by atoms with Gasteiger partial charge in [0.1, 0.15) is 0 Å². The molecule has 2 aliphatic rings. The third-order valence-electron chi connectivity index (χ3n) is 6.62. The Hall–Kier alpha value is -2.78. The summed E-state index contributed by atoms with van der Waals surface area (Å²) in [5, 5.41) is 0.722. The number of amides is 1. The first-order chi connectivity index (χ1) is 15.2. The van der Waals surface area contributed by atoms with E-state index in [1.54, 1.807) is 0 Å². The van der Waals surface area contributed by atoms with Gasteiger partial charge in [0.2, 0.25) is 5.91 Å². The highest BCUT2D eigenvalue weighted by Crippen LogP contribution is 2.34. The standard InChI is InChI=1S/C27H27ClN2O/c28-23-13-11-20(12-14-23)17-25(21-7-2-1-3-8-21)27(31)29-15-6-16-30-24(19-29)18-22-9-4-5-10-26(22)30/h1-5,7-14,24-25H,6,15-19H2. The van der Waals surface area contributed by atoms with Crippen LogP contribution in [0.1, 0.15) is 29.0 Å². The molecule has 158 valence electrons. The summed E-state index contributed by atoms with van der Waals surface area (Å²) in [6.07, 6.45) is 2.71. The smallest absolute Gasteiger partial charge is 0.230 e. The fraction of sp³-hybridized carbons (Fsp3) is 0.296. The van der Waals surface area contributed by atoms with E-state index in [1.165, 1.54) is 11.3 Å². The molecule has 0 N–H and O–H groups in total. The van der Waals surface area contributed by atoms with Crippen LogP contribution < -0.4 is 4.90 Å². The minimum Gasteiger partial charge on any atom is -0.366 e. The molecule has 0 bridgehead atoms. The van der Waals surface area contributed by atoms with Gasteiger partial charge in [-0.3, -0.25) is 4.79 Å². The molecule has 2 aliphatic heterocycles. The van der Waals surface area contributed by atoms with Crippen molar-refractivity contribution in [1.82, 2.24) is 4.90 Å². The molecular weight excluding hydrogens is 404 g/mol. The van der Waals surface area contributed by atoms with Crippen LogP contribution >= 0.6 is 11.6 Å². The van der Waals surface area contributed by atoms with Gasteiger partial charge in [0.05, 0.1) is 12.0 Å². The minimum absolute atomic E-state index is 0.183. The van der Waals surface area contributed by atoms with Crippen molar-refractivity contribution in [3.8, 4) is 0 Å². The molecule has 3 nitrogen and oxygen atoms in total. The molecule has 3 aromatic carbocycles. The van der Waals surface area contributed by atoms with Crippen molar-refractivity contribution in [3.63, 3.8) is 0 Å². The van der Waals surface area contributed by atoms with E-state index in [0.29, 0.717) is 12.5 Å². The molecule has 1 saturated heterocycles. The van der Waals surface area contributed by atoms with Gasteiger partial charge in [-0.15, -0.1) is 0 Å². The third-order valence-corrected chi connectivity index (χ3v) is 6.87. The molecule has 1 amide bonds. The Bertz CT molecular complexity index is 1050. The van der Waals surface area contributed by atoms with Crippen LogP contribution in [-0.4, -0.2) is 36.5 Å². The van der Waals surface area contributed by atoms with Gasteiger partial charge in [-0.1, -0.05) is 72.3 Å². The van der Waals surface area contributed by atoms with Crippen molar-refractivity contribution in [3.05, 3.63) is 101 Å². The van der Waals surface area contributed by atoms with Crippen LogP contribution in [0.2, 0.25) is 5.02 Å². The lowest BCUT2D eigenvalue weighted by atomic mass is 9.90. The van der Waals surface area contributed by atoms with E-state index in [2.05, 4.69) is 46.2 Å². The highest BCUT2D eigenvalue weighted by atomic mass is 35.5. The van der Waals surface area contributed by atoms with Crippen molar-refractivity contribution in [1.29, 1.82) is 0 Å². The molecular formula is C27H27ClN2O. The number of fused-ring (bicyclic) bond motifs is 3. The predicted octanol–water partition coefficient (Wildman–Crippen LogP) is 5.33. The van der Waals surface area contributed by atoms with Crippen LogP contribution in [0.4, 0.5) is 5.69 Å². The summed E-state index contributed by atoms with van der Waals surface area (Å²) < 4.78 is 0. The molecule has 31 heavy (non-hydrogen) atoms. The number of carbonyl (C=O) groups excluding carboxylic acids is 1. The average molecular weight is 431 g/mol. The molecule has 2 unspecified atom stereocenters.